The second-order valence-electron chi connectivity index (χ2n) is 6.92. The van der Waals surface area contributed by atoms with Crippen molar-refractivity contribution in [2.45, 2.75) is 32.9 Å². The van der Waals surface area contributed by atoms with Gasteiger partial charge in [-0.25, -0.2) is 4.98 Å². The molecule has 6 nitrogen and oxygen atoms in total. The van der Waals surface area contributed by atoms with Crippen molar-refractivity contribution < 1.29 is 9.53 Å². The smallest absolute Gasteiger partial charge is 0.238 e. The number of benzene rings is 2. The maximum absolute atomic E-state index is 12.3. The zero-order chi connectivity index (χ0) is 20.3. The first-order valence-electron chi connectivity index (χ1n) is 9.24. The van der Waals surface area contributed by atoms with E-state index in [0.717, 1.165) is 16.9 Å². The van der Waals surface area contributed by atoms with Crippen molar-refractivity contribution in [2.75, 3.05) is 19.0 Å². The number of imidazole rings is 1. The number of methoxy groups -OCH3 is 1. The zero-order valence-corrected chi connectivity index (χ0v) is 17.2. The highest BCUT2D eigenvalue weighted by atomic mass is 35.5. The molecule has 2 N–H and O–H groups in total. The van der Waals surface area contributed by atoms with Crippen LogP contribution in [0.4, 0.5) is 5.69 Å². The van der Waals surface area contributed by atoms with Crippen LogP contribution in [-0.4, -0.2) is 29.1 Å². The van der Waals surface area contributed by atoms with Crippen molar-refractivity contribution in [3.63, 3.8) is 0 Å². The van der Waals surface area contributed by atoms with E-state index in [4.69, 9.17) is 21.3 Å². The maximum Gasteiger partial charge on any atom is 0.238 e. The Bertz CT molecular complexity index is 984. The van der Waals surface area contributed by atoms with Gasteiger partial charge in [0.05, 0.1) is 35.8 Å². The Hall–Kier alpha value is -2.57. The number of halogens is 1. The quantitative estimate of drug-likeness (QED) is 0.609. The Labute approximate surface area is 169 Å². The van der Waals surface area contributed by atoms with Gasteiger partial charge in [-0.3, -0.25) is 10.1 Å². The fourth-order valence-corrected chi connectivity index (χ4v) is 3.46. The second-order valence-corrected chi connectivity index (χ2v) is 7.33. The third-order valence-electron chi connectivity index (χ3n) is 4.53. The van der Waals surface area contributed by atoms with Crippen LogP contribution < -0.4 is 15.4 Å². The molecule has 7 heteroatoms. The van der Waals surface area contributed by atoms with E-state index in [1.807, 2.05) is 25.1 Å². The molecule has 0 bridgehead atoms. The van der Waals surface area contributed by atoms with Crippen LogP contribution in [0.1, 0.15) is 38.7 Å². The van der Waals surface area contributed by atoms with Crippen LogP contribution in [0, 0.1) is 0 Å². The van der Waals surface area contributed by atoms with Crippen molar-refractivity contribution in [1.82, 2.24) is 14.9 Å². The molecule has 0 radical (unpaired) electrons. The van der Waals surface area contributed by atoms with Gasteiger partial charge in [0.1, 0.15) is 11.6 Å². The largest absolute Gasteiger partial charge is 0.495 e. The van der Waals surface area contributed by atoms with Crippen molar-refractivity contribution in [3.8, 4) is 5.75 Å². The average Bonchev–Trinajstić information content (AvgIpc) is 3.06. The molecule has 148 valence electrons. The highest BCUT2D eigenvalue weighted by molar-refractivity contribution is 6.32. The summed E-state index contributed by atoms with van der Waals surface area (Å²) in [7, 11) is 1.55. The number of nitrogens with zero attached hydrogens (tertiary/aromatic N) is 2. The normalized spacial score (nSPS) is 12.4. The standard InChI is InChI=1S/C21H25ClN4O2/c1-13(2)26-18-8-6-5-7-17(18)25-21(26)14(3)23-12-20(27)24-15-9-10-19(28-4)16(22)11-15/h5-11,13-14,23H,12H2,1-4H3,(H,24,27)/t14-/m1/s1. The Morgan fingerprint density at radius 2 is 1.96 bits per heavy atom. The molecular formula is C21H25ClN4O2. The van der Waals surface area contributed by atoms with Gasteiger partial charge in [-0.15, -0.1) is 0 Å². The lowest BCUT2D eigenvalue weighted by atomic mass is 10.2. The summed E-state index contributed by atoms with van der Waals surface area (Å²) in [6.07, 6.45) is 0. The van der Waals surface area contributed by atoms with Crippen molar-refractivity contribution in [3.05, 3.63) is 53.3 Å². The molecule has 1 heterocycles. The molecule has 0 saturated heterocycles. The Kier molecular flexibility index (Phi) is 6.21. The van der Waals surface area contributed by atoms with Gasteiger partial charge < -0.3 is 14.6 Å². The molecule has 1 aromatic heterocycles. The lowest BCUT2D eigenvalue weighted by Gasteiger charge is -2.18. The molecule has 3 aromatic rings. The SMILES string of the molecule is COc1ccc(NC(=O)CN[C@H](C)c2nc3ccccc3n2C(C)C)cc1Cl. The van der Waals surface area contributed by atoms with E-state index in [1.165, 1.54) is 0 Å². The van der Waals surface area contributed by atoms with Gasteiger partial charge in [-0.2, -0.15) is 0 Å². The van der Waals surface area contributed by atoms with E-state index < -0.39 is 0 Å². The predicted octanol–water partition coefficient (Wildman–Crippen LogP) is 4.57. The van der Waals surface area contributed by atoms with Gasteiger partial charge in [0.2, 0.25) is 5.91 Å². The number of amides is 1. The van der Waals surface area contributed by atoms with Crippen LogP contribution in [0.3, 0.4) is 0 Å². The number of carbonyl (C=O) groups is 1. The number of para-hydroxylation sites is 2. The molecule has 0 fully saturated rings. The summed E-state index contributed by atoms with van der Waals surface area (Å²) in [5.41, 5.74) is 2.68. The van der Waals surface area contributed by atoms with Crippen molar-refractivity contribution >= 4 is 34.2 Å². The molecule has 0 saturated carbocycles. The minimum atomic E-state index is -0.153. The minimum absolute atomic E-state index is 0.0833. The summed E-state index contributed by atoms with van der Waals surface area (Å²) in [6, 6.07) is 13.4. The summed E-state index contributed by atoms with van der Waals surface area (Å²) in [5, 5.41) is 6.55. The van der Waals surface area contributed by atoms with E-state index in [2.05, 4.69) is 35.1 Å². The van der Waals surface area contributed by atoms with E-state index in [9.17, 15) is 4.79 Å². The van der Waals surface area contributed by atoms with E-state index >= 15 is 0 Å². The molecule has 0 aliphatic rings. The molecule has 1 amide bonds. The summed E-state index contributed by atoms with van der Waals surface area (Å²) >= 11 is 6.10. The van der Waals surface area contributed by atoms with Gasteiger partial charge in [-0.05, 0) is 51.1 Å². The molecular weight excluding hydrogens is 376 g/mol. The number of rotatable bonds is 7. The summed E-state index contributed by atoms with van der Waals surface area (Å²) in [4.78, 5) is 17.1. The van der Waals surface area contributed by atoms with Crippen LogP contribution >= 0.6 is 11.6 Å². The zero-order valence-electron chi connectivity index (χ0n) is 16.5. The van der Waals surface area contributed by atoms with Gasteiger partial charge in [0.15, 0.2) is 0 Å². The number of hydrogen-bond donors (Lipinski definition) is 2. The molecule has 28 heavy (non-hydrogen) atoms. The molecule has 0 aliphatic heterocycles. The number of carbonyl (C=O) groups excluding carboxylic acids is 1. The van der Waals surface area contributed by atoms with E-state index in [-0.39, 0.29) is 24.5 Å². The topological polar surface area (TPSA) is 68.2 Å². The van der Waals surface area contributed by atoms with Gasteiger partial charge in [0, 0.05) is 11.7 Å². The Morgan fingerprint density at radius 3 is 2.64 bits per heavy atom. The van der Waals surface area contributed by atoms with Crippen LogP contribution in [0.5, 0.6) is 5.75 Å². The third-order valence-corrected chi connectivity index (χ3v) is 4.83. The number of nitrogens with one attached hydrogen (secondary N) is 2. The molecule has 2 aromatic carbocycles. The molecule has 1 atom stereocenters. The van der Waals surface area contributed by atoms with Crippen LogP contribution in [-0.2, 0) is 4.79 Å². The van der Waals surface area contributed by atoms with Gasteiger partial charge in [0.25, 0.3) is 0 Å². The maximum atomic E-state index is 12.3. The number of hydrogen-bond acceptors (Lipinski definition) is 4. The summed E-state index contributed by atoms with van der Waals surface area (Å²) in [6.45, 7) is 6.43. The number of ether oxygens (including phenoxy) is 1. The lowest BCUT2D eigenvalue weighted by molar-refractivity contribution is -0.115. The fourth-order valence-electron chi connectivity index (χ4n) is 3.20. The monoisotopic (exact) mass is 400 g/mol. The van der Waals surface area contributed by atoms with Crippen LogP contribution in [0.2, 0.25) is 5.02 Å². The Balaban J connectivity index is 1.68. The van der Waals surface area contributed by atoms with Gasteiger partial charge >= 0.3 is 0 Å². The fraction of sp³-hybridized carbons (Fsp3) is 0.333. The van der Waals surface area contributed by atoms with Crippen molar-refractivity contribution in [1.29, 1.82) is 0 Å². The number of fused-ring (bicyclic) bond motifs is 1. The van der Waals surface area contributed by atoms with E-state index in [1.54, 1.807) is 25.3 Å². The van der Waals surface area contributed by atoms with Gasteiger partial charge in [-0.1, -0.05) is 23.7 Å². The summed E-state index contributed by atoms with van der Waals surface area (Å²) < 4.78 is 7.32. The minimum Gasteiger partial charge on any atom is -0.495 e. The number of aromatic nitrogens is 2. The van der Waals surface area contributed by atoms with E-state index in [0.29, 0.717) is 16.5 Å². The average molecular weight is 401 g/mol. The van der Waals surface area contributed by atoms with Crippen molar-refractivity contribution in [2.24, 2.45) is 0 Å². The highest BCUT2D eigenvalue weighted by Crippen LogP contribution is 2.27. The predicted molar refractivity (Wildman–Crippen MR) is 113 cm³/mol. The number of anilines is 1. The van der Waals surface area contributed by atoms with Crippen LogP contribution in [0.15, 0.2) is 42.5 Å². The molecule has 0 unspecified atom stereocenters. The highest BCUT2D eigenvalue weighted by Gasteiger charge is 2.18. The Morgan fingerprint density at radius 1 is 1.21 bits per heavy atom. The lowest BCUT2D eigenvalue weighted by Crippen LogP contribution is -2.31. The first kappa shape index (κ1) is 20.2. The first-order chi connectivity index (χ1) is 13.4. The van der Waals surface area contributed by atoms with Crippen LogP contribution in [0.25, 0.3) is 11.0 Å². The summed E-state index contributed by atoms with van der Waals surface area (Å²) in [5.74, 6) is 1.33. The molecule has 3 rings (SSSR count). The second kappa shape index (κ2) is 8.63. The third kappa shape index (κ3) is 4.29. The molecule has 0 spiro atoms. The first-order valence-corrected chi connectivity index (χ1v) is 9.62. The molecule has 0 aliphatic carbocycles.